The molecule has 0 saturated carbocycles. The molecule has 11 aromatic rings. The number of benzene rings is 7. The van der Waals surface area contributed by atoms with E-state index in [1.54, 1.807) is 9.13 Å². The molecule has 4 heterocycles. The first-order valence-electron chi connectivity index (χ1n) is 22.2. The van der Waals surface area contributed by atoms with Gasteiger partial charge in [0.15, 0.2) is 5.82 Å². The number of fused-ring (bicyclic) bond motifs is 9. The van der Waals surface area contributed by atoms with Gasteiger partial charge in [0.1, 0.15) is 0 Å². The van der Waals surface area contributed by atoms with Crippen LogP contribution in [0.15, 0.2) is 170 Å². The summed E-state index contributed by atoms with van der Waals surface area (Å²) in [6.45, 7) is 0. The second kappa shape index (κ2) is 10.7. The minimum atomic E-state index is -0.635. The zero-order chi connectivity index (χ0) is 43.9. The molecule has 0 aliphatic carbocycles. The number of rotatable bonds is 4. The van der Waals surface area contributed by atoms with Crippen molar-refractivity contribution < 1.29 is 16.4 Å². The van der Waals surface area contributed by atoms with E-state index >= 15 is 0 Å². The summed E-state index contributed by atoms with van der Waals surface area (Å²) in [4.78, 5) is 14.5. The van der Waals surface area contributed by atoms with Gasteiger partial charge in [-0.15, -0.1) is 0 Å². The van der Waals surface area contributed by atoms with E-state index < -0.39 is 72.5 Å². The van der Waals surface area contributed by atoms with Crippen molar-refractivity contribution in [1.82, 2.24) is 28.7 Å². The Hall–Kier alpha value is -7.05. The summed E-state index contributed by atoms with van der Waals surface area (Å²) in [6, 6.07) is 23.5. The van der Waals surface area contributed by atoms with Gasteiger partial charge in [0.2, 0.25) is 11.9 Å². The highest BCUT2D eigenvalue weighted by atomic mass is 15.3. The normalized spacial score (nSPS) is 15.2. The number of nitrogens with zero attached hydrogens (tertiary/aromatic N) is 6. The molecule has 0 N–H and O–H groups in total. The Bertz CT molecular complexity index is 3640. The van der Waals surface area contributed by atoms with Crippen LogP contribution in [0.5, 0.6) is 0 Å². The van der Waals surface area contributed by atoms with E-state index in [-0.39, 0.29) is 50.8 Å². The molecule has 51 heavy (non-hydrogen) atoms. The third-order valence-electron chi connectivity index (χ3n) is 9.26. The maximum atomic E-state index is 9.55. The van der Waals surface area contributed by atoms with E-state index in [1.807, 2.05) is 97.1 Å². The third-order valence-corrected chi connectivity index (χ3v) is 9.26. The highest BCUT2D eigenvalue weighted by molar-refractivity contribution is 6.11. The molecule has 0 bridgehead atoms. The Morgan fingerprint density at radius 3 is 1.22 bits per heavy atom. The molecule has 0 atom stereocenters. The number of para-hydroxylation sites is 6. The molecule has 6 heteroatoms. The quantitative estimate of drug-likeness (QED) is 0.188. The fourth-order valence-corrected chi connectivity index (χ4v) is 7.12. The van der Waals surface area contributed by atoms with Crippen LogP contribution in [0.3, 0.4) is 0 Å². The van der Waals surface area contributed by atoms with E-state index in [1.165, 1.54) is 0 Å². The molecule has 0 amide bonds. The maximum absolute atomic E-state index is 9.55. The summed E-state index contributed by atoms with van der Waals surface area (Å²) in [6.07, 6.45) is 0. The zero-order valence-corrected chi connectivity index (χ0v) is 26.4. The Balaban J connectivity index is 1.30. The fraction of sp³-hybridized carbons (Fsp3) is 0. The molecule has 0 unspecified atom stereocenters. The Kier molecular flexibility index (Phi) is 3.92. The van der Waals surface area contributed by atoms with Crippen LogP contribution < -0.4 is 0 Å². The molecular weight excluding hydrogens is 625 g/mol. The van der Waals surface area contributed by atoms with Crippen molar-refractivity contribution in [1.29, 1.82) is 0 Å². The number of aromatic nitrogens is 6. The molecule has 4 aromatic heterocycles. The van der Waals surface area contributed by atoms with Crippen LogP contribution in [0, 0.1) is 0 Å². The molecular formula is C45H28N6. The van der Waals surface area contributed by atoms with Gasteiger partial charge in [0.25, 0.3) is 0 Å². The monoisotopic (exact) mass is 664 g/mol. The summed E-state index contributed by atoms with van der Waals surface area (Å²) < 4.78 is 113. The summed E-state index contributed by atoms with van der Waals surface area (Å²) in [7, 11) is 0. The average molecular weight is 665 g/mol. The molecule has 0 aliphatic heterocycles. The minimum Gasteiger partial charge on any atom is -0.309 e. The van der Waals surface area contributed by atoms with Gasteiger partial charge in [-0.3, -0.25) is 9.13 Å². The molecule has 0 saturated heterocycles. The lowest BCUT2D eigenvalue weighted by atomic mass is 10.2. The van der Waals surface area contributed by atoms with Crippen LogP contribution in [-0.4, -0.2) is 28.7 Å². The van der Waals surface area contributed by atoms with Crippen molar-refractivity contribution in [2.45, 2.75) is 0 Å². The molecule has 0 aliphatic rings. The van der Waals surface area contributed by atoms with Crippen molar-refractivity contribution >= 4 is 65.4 Å². The molecule has 0 radical (unpaired) electrons. The largest absolute Gasteiger partial charge is 0.309 e. The number of hydrogen-bond donors (Lipinski definition) is 0. The van der Waals surface area contributed by atoms with Gasteiger partial charge in [-0.05, 0) is 60.5 Å². The van der Waals surface area contributed by atoms with Crippen molar-refractivity contribution in [3.63, 3.8) is 0 Å². The van der Waals surface area contributed by atoms with Gasteiger partial charge in [-0.25, -0.2) is 0 Å². The van der Waals surface area contributed by atoms with Gasteiger partial charge in [0.05, 0.1) is 49.5 Å². The molecule has 238 valence electrons. The van der Waals surface area contributed by atoms with Crippen molar-refractivity contribution in [3.05, 3.63) is 170 Å². The summed E-state index contributed by atoms with van der Waals surface area (Å²) in [5.41, 5.74) is 1.85. The lowest BCUT2D eigenvalue weighted by Crippen LogP contribution is -2.10. The van der Waals surface area contributed by atoms with Crippen LogP contribution in [0.2, 0.25) is 0 Å². The second-order valence-electron chi connectivity index (χ2n) is 12.0. The predicted octanol–water partition coefficient (Wildman–Crippen LogP) is 10.8. The van der Waals surface area contributed by atoms with Gasteiger partial charge >= 0.3 is 0 Å². The predicted molar refractivity (Wildman–Crippen MR) is 208 cm³/mol. The van der Waals surface area contributed by atoms with Gasteiger partial charge in [-0.1, -0.05) is 109 Å². The molecule has 7 aromatic carbocycles. The van der Waals surface area contributed by atoms with Crippen molar-refractivity contribution in [2.24, 2.45) is 0 Å². The Labute approximate surface area is 309 Å². The van der Waals surface area contributed by atoms with Crippen LogP contribution >= 0.6 is 0 Å². The summed E-state index contributed by atoms with van der Waals surface area (Å²) >= 11 is 0. The fourth-order valence-electron chi connectivity index (χ4n) is 7.12. The standard InChI is InChI=1S/C45H28N6/c1-7-19-37-31(13-1)32-14-2-8-20-38(32)49(37)30-27-25-29(26-28-30)43-46-44(50-39-21-9-3-15-33(39)34-16-4-10-22-40(34)50)48-45(47-43)51-41-23-11-5-17-35(41)36-18-6-12-24-42(36)51/h1-28H/i3D,4D,9D,10D,15D,16D,21D,22D,25D,26D,27D,28D. The third kappa shape index (κ3) is 4.07. The lowest BCUT2D eigenvalue weighted by molar-refractivity contribution is 0.893. The van der Waals surface area contributed by atoms with Gasteiger partial charge in [0, 0.05) is 43.6 Å². The topological polar surface area (TPSA) is 53.5 Å². The summed E-state index contributed by atoms with van der Waals surface area (Å²) in [5, 5.41) is 2.99. The Morgan fingerprint density at radius 2 is 0.745 bits per heavy atom. The van der Waals surface area contributed by atoms with Crippen LogP contribution in [0.4, 0.5) is 0 Å². The molecule has 6 nitrogen and oxygen atoms in total. The lowest BCUT2D eigenvalue weighted by Gasteiger charge is -2.13. The average Bonchev–Trinajstić information content (AvgIpc) is 3.95. The first-order chi connectivity index (χ1) is 30.3. The van der Waals surface area contributed by atoms with Crippen LogP contribution in [0.25, 0.3) is 94.4 Å². The van der Waals surface area contributed by atoms with Crippen molar-refractivity contribution in [2.75, 3.05) is 0 Å². The molecule has 0 fully saturated rings. The molecule has 0 spiro atoms. The van der Waals surface area contributed by atoms with E-state index in [9.17, 15) is 5.48 Å². The molecule has 11 rings (SSSR count). The van der Waals surface area contributed by atoms with Crippen molar-refractivity contribution in [3.8, 4) is 29.0 Å². The highest BCUT2D eigenvalue weighted by Gasteiger charge is 2.20. The van der Waals surface area contributed by atoms with E-state index in [0.29, 0.717) is 22.1 Å². The van der Waals surface area contributed by atoms with Crippen LogP contribution in [-0.2, 0) is 0 Å². The highest BCUT2D eigenvalue weighted by Crippen LogP contribution is 2.35. The minimum absolute atomic E-state index is 0.00237. The number of hydrogen-bond acceptors (Lipinski definition) is 3. The van der Waals surface area contributed by atoms with Gasteiger partial charge < -0.3 is 4.57 Å². The Morgan fingerprint density at radius 1 is 0.353 bits per heavy atom. The summed E-state index contributed by atoms with van der Waals surface area (Å²) in [5.74, 6) is -0.776. The first kappa shape index (κ1) is 18.6. The van der Waals surface area contributed by atoms with E-state index in [4.69, 9.17) is 25.9 Å². The first-order valence-corrected chi connectivity index (χ1v) is 16.2. The maximum Gasteiger partial charge on any atom is 0.240 e. The van der Waals surface area contributed by atoms with Crippen LogP contribution in [0.1, 0.15) is 16.4 Å². The van der Waals surface area contributed by atoms with E-state index in [0.717, 1.165) is 26.1 Å². The van der Waals surface area contributed by atoms with Gasteiger partial charge in [-0.2, -0.15) is 15.0 Å². The SMILES string of the molecule is [2H]c1c([2H])c(-n2c3ccccc3c3ccccc32)c([2H])c([2H])c1-c1nc(-n2c3ccccc3c3ccccc32)nc(-n2c3c([2H])c([2H])c([2H])c([2H])c3c3c([2H])c([2H])c([2H])c([2H])c32)n1. The second-order valence-corrected chi connectivity index (χ2v) is 12.0. The zero-order valence-electron chi connectivity index (χ0n) is 38.4. The van der Waals surface area contributed by atoms with E-state index in [2.05, 4.69) is 0 Å². The smallest absolute Gasteiger partial charge is 0.240 e.